The van der Waals surface area contributed by atoms with Crippen LogP contribution >= 0.6 is 0 Å². The number of aryl methyl sites for hydroxylation is 1. The van der Waals surface area contributed by atoms with Crippen molar-refractivity contribution in [3.8, 4) is 11.9 Å². The number of hydrogen-bond acceptors (Lipinski definition) is 3. The lowest BCUT2D eigenvalue weighted by Crippen LogP contribution is -2.07. The Bertz CT molecular complexity index is 353. The molecule has 3 heteroatoms. The molecule has 0 aromatic carbocycles. The van der Waals surface area contributed by atoms with Gasteiger partial charge in [0.05, 0.1) is 6.61 Å². The molecule has 0 spiro atoms. The third kappa shape index (κ3) is 2.74. The van der Waals surface area contributed by atoms with Crippen molar-refractivity contribution >= 4 is 0 Å². The van der Waals surface area contributed by atoms with Crippen LogP contribution in [0.15, 0.2) is 12.1 Å². The number of nitrogens with zero attached hydrogens (tertiary/aromatic N) is 2. The second kappa shape index (κ2) is 4.61. The lowest BCUT2D eigenvalue weighted by atomic mass is 10.2. The molecule has 1 aromatic heterocycles. The van der Waals surface area contributed by atoms with Gasteiger partial charge in [0.15, 0.2) is 0 Å². The van der Waals surface area contributed by atoms with Gasteiger partial charge in [-0.05, 0) is 25.0 Å². The predicted octanol–water partition coefficient (Wildman–Crippen LogP) is 2.30. The average Bonchev–Trinajstić information content (AvgIpc) is 2.15. The lowest BCUT2D eigenvalue weighted by Gasteiger charge is -2.09. The molecule has 0 saturated heterocycles. The van der Waals surface area contributed by atoms with E-state index in [1.807, 2.05) is 6.92 Å². The first-order valence-electron chi connectivity index (χ1n) is 4.64. The van der Waals surface area contributed by atoms with Gasteiger partial charge in [0.1, 0.15) is 11.6 Å². The van der Waals surface area contributed by atoms with Gasteiger partial charge in [-0.2, -0.15) is 5.26 Å². The van der Waals surface area contributed by atoms with Gasteiger partial charge in [0.25, 0.3) is 0 Å². The minimum absolute atomic E-state index is 0.434. The molecule has 74 valence electrons. The number of aromatic nitrogens is 1. The van der Waals surface area contributed by atoms with Gasteiger partial charge in [-0.3, -0.25) is 0 Å². The van der Waals surface area contributed by atoms with E-state index in [0.717, 1.165) is 5.69 Å². The monoisotopic (exact) mass is 190 g/mol. The van der Waals surface area contributed by atoms with Crippen molar-refractivity contribution in [2.45, 2.75) is 20.8 Å². The molecule has 0 radical (unpaired) electrons. The van der Waals surface area contributed by atoms with Crippen molar-refractivity contribution in [3.63, 3.8) is 0 Å². The maximum absolute atomic E-state index is 8.80. The summed E-state index contributed by atoms with van der Waals surface area (Å²) in [5.41, 5.74) is 1.36. The summed E-state index contributed by atoms with van der Waals surface area (Å²) in [5.74, 6) is 0.880. The molecule has 0 amide bonds. The van der Waals surface area contributed by atoms with E-state index in [1.54, 1.807) is 12.1 Å². The summed E-state index contributed by atoms with van der Waals surface area (Å²) < 4.78 is 5.44. The van der Waals surface area contributed by atoms with Gasteiger partial charge < -0.3 is 4.74 Å². The summed E-state index contributed by atoms with van der Waals surface area (Å²) in [7, 11) is 0. The van der Waals surface area contributed by atoms with Crippen molar-refractivity contribution in [2.24, 2.45) is 5.92 Å². The second-order valence-corrected chi connectivity index (χ2v) is 3.62. The first kappa shape index (κ1) is 10.5. The summed E-state index contributed by atoms with van der Waals surface area (Å²) in [6.07, 6.45) is 0. The first-order valence-corrected chi connectivity index (χ1v) is 4.64. The van der Waals surface area contributed by atoms with E-state index < -0.39 is 0 Å². The standard InChI is InChI=1S/C11H14N2O/c1-8(2)7-14-11-10(6-12)5-4-9(3)13-11/h4-5,8H,7H2,1-3H3. The van der Waals surface area contributed by atoms with Crippen LogP contribution in [0.4, 0.5) is 0 Å². The highest BCUT2D eigenvalue weighted by molar-refractivity contribution is 5.38. The molecule has 0 fully saturated rings. The maximum Gasteiger partial charge on any atom is 0.231 e. The Morgan fingerprint density at radius 1 is 1.50 bits per heavy atom. The van der Waals surface area contributed by atoms with Gasteiger partial charge in [-0.25, -0.2) is 4.98 Å². The summed E-state index contributed by atoms with van der Waals surface area (Å²) in [6.45, 7) is 6.58. The molecule has 14 heavy (non-hydrogen) atoms. The molecule has 0 aliphatic carbocycles. The summed E-state index contributed by atoms with van der Waals surface area (Å²) in [6, 6.07) is 5.60. The third-order valence-corrected chi connectivity index (χ3v) is 1.67. The van der Waals surface area contributed by atoms with E-state index in [4.69, 9.17) is 10.00 Å². The summed E-state index contributed by atoms with van der Waals surface area (Å²) in [4.78, 5) is 4.17. The molecule has 0 unspecified atom stereocenters. The SMILES string of the molecule is Cc1ccc(C#N)c(OCC(C)C)n1. The summed E-state index contributed by atoms with van der Waals surface area (Å²) in [5, 5.41) is 8.80. The Hall–Kier alpha value is -1.56. The Morgan fingerprint density at radius 3 is 2.79 bits per heavy atom. The number of ether oxygens (including phenoxy) is 1. The van der Waals surface area contributed by atoms with Crippen LogP contribution in [-0.4, -0.2) is 11.6 Å². The fraction of sp³-hybridized carbons (Fsp3) is 0.455. The van der Waals surface area contributed by atoms with Gasteiger partial charge in [0, 0.05) is 5.69 Å². The molecular formula is C11H14N2O. The zero-order valence-electron chi connectivity index (χ0n) is 8.74. The molecule has 3 nitrogen and oxygen atoms in total. The molecule has 0 N–H and O–H groups in total. The predicted molar refractivity (Wildman–Crippen MR) is 54.0 cm³/mol. The number of nitriles is 1. The van der Waals surface area contributed by atoms with E-state index in [2.05, 4.69) is 24.9 Å². The van der Waals surface area contributed by atoms with E-state index in [9.17, 15) is 0 Å². The molecule has 1 rings (SSSR count). The molecule has 0 aliphatic rings. The quantitative estimate of drug-likeness (QED) is 0.734. The van der Waals surface area contributed by atoms with Crippen molar-refractivity contribution in [1.82, 2.24) is 4.98 Å². The van der Waals surface area contributed by atoms with Crippen molar-refractivity contribution in [2.75, 3.05) is 6.61 Å². The van der Waals surface area contributed by atoms with Crippen LogP contribution in [0.3, 0.4) is 0 Å². The zero-order chi connectivity index (χ0) is 10.6. The van der Waals surface area contributed by atoms with Crippen LogP contribution in [0, 0.1) is 24.2 Å². The normalized spacial score (nSPS) is 9.93. The van der Waals surface area contributed by atoms with Crippen molar-refractivity contribution in [1.29, 1.82) is 5.26 Å². The number of rotatable bonds is 3. The molecule has 0 atom stereocenters. The largest absolute Gasteiger partial charge is 0.476 e. The lowest BCUT2D eigenvalue weighted by molar-refractivity contribution is 0.260. The van der Waals surface area contributed by atoms with E-state index in [1.165, 1.54) is 0 Å². The van der Waals surface area contributed by atoms with E-state index in [0.29, 0.717) is 24.0 Å². The smallest absolute Gasteiger partial charge is 0.231 e. The zero-order valence-corrected chi connectivity index (χ0v) is 8.74. The summed E-state index contributed by atoms with van der Waals surface area (Å²) >= 11 is 0. The van der Waals surface area contributed by atoms with Crippen LogP contribution < -0.4 is 4.74 Å². The molecule has 0 aliphatic heterocycles. The molecule has 0 bridgehead atoms. The van der Waals surface area contributed by atoms with Gasteiger partial charge in [-0.1, -0.05) is 13.8 Å². The van der Waals surface area contributed by atoms with E-state index in [-0.39, 0.29) is 0 Å². The highest BCUT2D eigenvalue weighted by Crippen LogP contribution is 2.15. The highest BCUT2D eigenvalue weighted by atomic mass is 16.5. The van der Waals surface area contributed by atoms with Gasteiger partial charge >= 0.3 is 0 Å². The molecule has 1 heterocycles. The fourth-order valence-corrected chi connectivity index (χ4v) is 0.974. The topological polar surface area (TPSA) is 45.9 Å². The molecular weight excluding hydrogens is 176 g/mol. The van der Waals surface area contributed by atoms with Gasteiger partial charge in [0.2, 0.25) is 5.88 Å². The second-order valence-electron chi connectivity index (χ2n) is 3.62. The van der Waals surface area contributed by atoms with Crippen LogP contribution in [-0.2, 0) is 0 Å². The van der Waals surface area contributed by atoms with E-state index >= 15 is 0 Å². The Labute approximate surface area is 84.3 Å². The average molecular weight is 190 g/mol. The van der Waals surface area contributed by atoms with Crippen LogP contribution in [0.25, 0.3) is 0 Å². The Kier molecular flexibility index (Phi) is 3.47. The highest BCUT2D eigenvalue weighted by Gasteiger charge is 2.05. The minimum Gasteiger partial charge on any atom is -0.476 e. The maximum atomic E-state index is 8.80. The number of hydrogen-bond donors (Lipinski definition) is 0. The number of pyridine rings is 1. The van der Waals surface area contributed by atoms with Crippen LogP contribution in [0.2, 0.25) is 0 Å². The first-order chi connectivity index (χ1) is 6.63. The Morgan fingerprint density at radius 2 is 2.21 bits per heavy atom. The third-order valence-electron chi connectivity index (χ3n) is 1.67. The minimum atomic E-state index is 0.434. The van der Waals surface area contributed by atoms with Crippen LogP contribution in [0.1, 0.15) is 25.1 Å². The fourth-order valence-electron chi connectivity index (χ4n) is 0.974. The van der Waals surface area contributed by atoms with Gasteiger partial charge in [-0.15, -0.1) is 0 Å². The molecule has 1 aromatic rings. The Balaban J connectivity index is 2.84. The molecule has 0 saturated carbocycles. The van der Waals surface area contributed by atoms with Crippen molar-refractivity contribution < 1.29 is 4.74 Å². The van der Waals surface area contributed by atoms with Crippen LogP contribution in [0.5, 0.6) is 5.88 Å². The van der Waals surface area contributed by atoms with Crippen molar-refractivity contribution in [3.05, 3.63) is 23.4 Å².